The highest BCUT2D eigenvalue weighted by Crippen LogP contribution is 2.26. The zero-order chi connectivity index (χ0) is 14.1. The van der Waals surface area contributed by atoms with Crippen LogP contribution >= 0.6 is 0 Å². The van der Waals surface area contributed by atoms with Crippen LogP contribution in [0.25, 0.3) is 11.0 Å². The maximum absolute atomic E-state index is 9.90. The van der Waals surface area contributed by atoms with Gasteiger partial charge in [-0.2, -0.15) is 9.97 Å². The third kappa shape index (κ3) is 2.30. The fourth-order valence-corrected chi connectivity index (χ4v) is 2.32. The van der Waals surface area contributed by atoms with Crippen molar-refractivity contribution in [2.75, 3.05) is 5.73 Å². The summed E-state index contributed by atoms with van der Waals surface area (Å²) < 4.78 is 0. The molecule has 0 aliphatic carbocycles. The zero-order valence-corrected chi connectivity index (χ0v) is 11.2. The molecule has 2 heterocycles. The number of aromatic amines is 1. The molecule has 0 atom stereocenters. The van der Waals surface area contributed by atoms with E-state index in [4.69, 9.17) is 5.73 Å². The summed E-state index contributed by atoms with van der Waals surface area (Å²) in [5, 5.41) is 10.6. The van der Waals surface area contributed by atoms with Gasteiger partial charge in [-0.05, 0) is 30.9 Å². The van der Waals surface area contributed by atoms with Crippen molar-refractivity contribution in [1.82, 2.24) is 15.0 Å². The van der Waals surface area contributed by atoms with Crippen LogP contribution in [-0.2, 0) is 12.8 Å². The Balaban J connectivity index is 1.86. The topological polar surface area (TPSA) is 87.8 Å². The Labute approximate surface area is 116 Å². The minimum absolute atomic E-state index is 0.0624. The first-order chi connectivity index (χ1) is 9.63. The number of aryl methyl sites for hydroxylation is 3. The molecule has 0 aliphatic heterocycles. The number of hydrogen-bond donors (Lipinski definition) is 3. The standard InChI is InChI=1S/C15H16N4O/c1-9-2-4-10(5-3-9)6-7-11-8-17-13-12(11)14(20)19-15(16)18-13/h2-5,8H,6-7H2,1H3,(H4,16,17,18,19,20). The summed E-state index contributed by atoms with van der Waals surface area (Å²) in [6, 6.07) is 8.45. The molecule has 0 spiro atoms. The minimum Gasteiger partial charge on any atom is -0.493 e. The van der Waals surface area contributed by atoms with Crippen LogP contribution in [0.4, 0.5) is 5.95 Å². The highest BCUT2D eigenvalue weighted by Gasteiger charge is 2.11. The number of H-pyrrole nitrogens is 1. The number of rotatable bonds is 3. The van der Waals surface area contributed by atoms with Gasteiger partial charge in [-0.1, -0.05) is 29.8 Å². The normalized spacial score (nSPS) is 11.1. The Morgan fingerprint density at radius 2 is 1.90 bits per heavy atom. The summed E-state index contributed by atoms with van der Waals surface area (Å²) in [6.45, 7) is 2.07. The average Bonchev–Trinajstić information content (AvgIpc) is 2.81. The molecular weight excluding hydrogens is 252 g/mol. The van der Waals surface area contributed by atoms with Crippen LogP contribution in [0.5, 0.6) is 5.88 Å². The van der Waals surface area contributed by atoms with Crippen molar-refractivity contribution in [3.8, 4) is 5.88 Å². The maximum Gasteiger partial charge on any atom is 0.225 e. The Hall–Kier alpha value is -2.56. The lowest BCUT2D eigenvalue weighted by Gasteiger charge is -2.03. The van der Waals surface area contributed by atoms with E-state index < -0.39 is 0 Å². The van der Waals surface area contributed by atoms with E-state index in [9.17, 15) is 5.11 Å². The van der Waals surface area contributed by atoms with Crippen LogP contribution in [-0.4, -0.2) is 20.1 Å². The molecule has 0 amide bonds. The molecule has 3 rings (SSSR count). The van der Waals surface area contributed by atoms with Gasteiger partial charge in [0.25, 0.3) is 0 Å². The molecular formula is C15H16N4O. The summed E-state index contributed by atoms with van der Waals surface area (Å²) in [5.74, 6) is 0.00888. The molecule has 0 saturated carbocycles. The number of nitrogens with two attached hydrogens (primary N) is 1. The number of hydrogen-bond acceptors (Lipinski definition) is 4. The van der Waals surface area contributed by atoms with E-state index in [0.29, 0.717) is 11.0 Å². The molecule has 4 N–H and O–H groups in total. The van der Waals surface area contributed by atoms with Crippen molar-refractivity contribution in [2.45, 2.75) is 19.8 Å². The number of benzene rings is 1. The molecule has 0 bridgehead atoms. The molecule has 0 saturated heterocycles. The molecule has 20 heavy (non-hydrogen) atoms. The Morgan fingerprint density at radius 1 is 1.15 bits per heavy atom. The van der Waals surface area contributed by atoms with E-state index in [1.54, 1.807) is 0 Å². The van der Waals surface area contributed by atoms with Crippen LogP contribution < -0.4 is 5.73 Å². The third-order valence-electron chi connectivity index (χ3n) is 3.42. The molecule has 0 aliphatic rings. The van der Waals surface area contributed by atoms with E-state index >= 15 is 0 Å². The number of nitrogen functional groups attached to an aromatic ring is 1. The van der Waals surface area contributed by atoms with Gasteiger partial charge in [0.2, 0.25) is 11.8 Å². The molecule has 1 aromatic carbocycles. The van der Waals surface area contributed by atoms with Gasteiger partial charge in [-0.25, -0.2) is 0 Å². The van der Waals surface area contributed by atoms with Gasteiger partial charge in [0.05, 0.1) is 5.39 Å². The average molecular weight is 268 g/mol. The van der Waals surface area contributed by atoms with Gasteiger partial charge in [-0.3, -0.25) is 0 Å². The minimum atomic E-state index is -0.0624. The van der Waals surface area contributed by atoms with Gasteiger partial charge in [0, 0.05) is 6.20 Å². The quantitative estimate of drug-likeness (QED) is 0.680. The van der Waals surface area contributed by atoms with Crippen LogP contribution in [0.15, 0.2) is 30.5 Å². The fourth-order valence-electron chi connectivity index (χ4n) is 2.32. The Kier molecular flexibility index (Phi) is 3.02. The lowest BCUT2D eigenvalue weighted by Crippen LogP contribution is -1.96. The second kappa shape index (κ2) is 4.85. The predicted molar refractivity (Wildman–Crippen MR) is 78.6 cm³/mol. The van der Waals surface area contributed by atoms with Crippen LogP contribution in [0.1, 0.15) is 16.7 Å². The van der Waals surface area contributed by atoms with E-state index in [2.05, 4.69) is 46.1 Å². The van der Waals surface area contributed by atoms with E-state index in [0.717, 1.165) is 18.4 Å². The fraction of sp³-hybridized carbons (Fsp3) is 0.200. The van der Waals surface area contributed by atoms with Crippen molar-refractivity contribution in [2.24, 2.45) is 0 Å². The van der Waals surface area contributed by atoms with Crippen molar-refractivity contribution in [1.29, 1.82) is 0 Å². The van der Waals surface area contributed by atoms with Gasteiger partial charge in [0.15, 0.2) is 0 Å². The monoisotopic (exact) mass is 268 g/mol. The summed E-state index contributed by atoms with van der Waals surface area (Å²) in [7, 11) is 0. The first-order valence-corrected chi connectivity index (χ1v) is 6.51. The van der Waals surface area contributed by atoms with Crippen LogP contribution in [0.2, 0.25) is 0 Å². The van der Waals surface area contributed by atoms with E-state index in [-0.39, 0.29) is 11.8 Å². The molecule has 3 aromatic rings. The van der Waals surface area contributed by atoms with Crippen LogP contribution in [0, 0.1) is 6.92 Å². The molecule has 0 radical (unpaired) electrons. The maximum atomic E-state index is 9.90. The third-order valence-corrected chi connectivity index (χ3v) is 3.42. The van der Waals surface area contributed by atoms with Gasteiger partial charge < -0.3 is 15.8 Å². The van der Waals surface area contributed by atoms with E-state index in [1.165, 1.54) is 11.1 Å². The number of aromatic nitrogens is 3. The number of aromatic hydroxyl groups is 1. The summed E-state index contributed by atoms with van der Waals surface area (Å²) >= 11 is 0. The Morgan fingerprint density at radius 3 is 2.65 bits per heavy atom. The van der Waals surface area contributed by atoms with Crippen molar-refractivity contribution < 1.29 is 5.11 Å². The molecule has 102 valence electrons. The first kappa shape index (κ1) is 12.5. The highest BCUT2D eigenvalue weighted by atomic mass is 16.3. The smallest absolute Gasteiger partial charge is 0.225 e. The number of nitrogens with zero attached hydrogens (tertiary/aromatic N) is 2. The van der Waals surface area contributed by atoms with E-state index in [1.807, 2.05) is 6.20 Å². The molecule has 5 heteroatoms. The Bertz CT molecular complexity index is 746. The highest BCUT2D eigenvalue weighted by molar-refractivity contribution is 5.85. The SMILES string of the molecule is Cc1ccc(CCc2c[nH]c3nc(N)nc(O)c23)cc1. The second-order valence-corrected chi connectivity index (χ2v) is 4.93. The largest absolute Gasteiger partial charge is 0.493 e. The second-order valence-electron chi connectivity index (χ2n) is 4.93. The lowest BCUT2D eigenvalue weighted by atomic mass is 10.0. The summed E-state index contributed by atoms with van der Waals surface area (Å²) in [4.78, 5) is 10.9. The van der Waals surface area contributed by atoms with Gasteiger partial charge in [-0.15, -0.1) is 0 Å². The molecule has 5 nitrogen and oxygen atoms in total. The van der Waals surface area contributed by atoms with Crippen molar-refractivity contribution in [3.63, 3.8) is 0 Å². The van der Waals surface area contributed by atoms with Crippen molar-refractivity contribution in [3.05, 3.63) is 47.2 Å². The van der Waals surface area contributed by atoms with Crippen molar-refractivity contribution >= 4 is 17.0 Å². The summed E-state index contributed by atoms with van der Waals surface area (Å²) in [5.41, 5.74) is 9.60. The number of nitrogens with one attached hydrogen (secondary N) is 1. The van der Waals surface area contributed by atoms with Crippen LogP contribution in [0.3, 0.4) is 0 Å². The molecule has 2 aromatic heterocycles. The lowest BCUT2D eigenvalue weighted by molar-refractivity contribution is 0.460. The molecule has 0 unspecified atom stereocenters. The summed E-state index contributed by atoms with van der Waals surface area (Å²) in [6.07, 6.45) is 3.56. The number of fused-ring (bicyclic) bond motifs is 1. The zero-order valence-electron chi connectivity index (χ0n) is 11.2. The molecule has 0 fully saturated rings. The van der Waals surface area contributed by atoms with Gasteiger partial charge in [0.1, 0.15) is 5.65 Å². The number of anilines is 1. The first-order valence-electron chi connectivity index (χ1n) is 6.51. The van der Waals surface area contributed by atoms with Gasteiger partial charge >= 0.3 is 0 Å². The predicted octanol–water partition coefficient (Wildman–Crippen LogP) is 2.34.